The standard InChI is InChI=1S/C19H11N3O5/c23-18(10-5-7-11(8-6-10)22(26)27)17-16-13(9-15(21-17)19(24)25)12-3-1-2-4-14(12)20-16/h1-9,20H,(H,24,25). The molecule has 27 heavy (non-hydrogen) atoms. The van der Waals surface area contributed by atoms with Crippen molar-refractivity contribution in [3.8, 4) is 0 Å². The zero-order valence-electron chi connectivity index (χ0n) is 13.7. The van der Waals surface area contributed by atoms with Gasteiger partial charge in [0.05, 0.1) is 10.4 Å². The van der Waals surface area contributed by atoms with Crippen molar-refractivity contribution in [2.45, 2.75) is 0 Å². The van der Waals surface area contributed by atoms with Gasteiger partial charge in [-0.15, -0.1) is 0 Å². The van der Waals surface area contributed by atoms with Gasteiger partial charge in [0.2, 0.25) is 5.78 Å². The van der Waals surface area contributed by atoms with Crippen LogP contribution in [0.4, 0.5) is 5.69 Å². The Morgan fingerprint density at radius 1 is 1.04 bits per heavy atom. The highest BCUT2D eigenvalue weighted by molar-refractivity contribution is 6.19. The first-order valence-corrected chi connectivity index (χ1v) is 7.89. The number of nitro groups is 1. The van der Waals surface area contributed by atoms with Gasteiger partial charge in [-0.25, -0.2) is 9.78 Å². The SMILES string of the molecule is O=C(O)c1cc2c([nH]c3ccccc32)c(C(=O)c2ccc([N+](=O)[O-])cc2)n1. The molecule has 0 amide bonds. The first-order chi connectivity index (χ1) is 13.0. The summed E-state index contributed by atoms with van der Waals surface area (Å²) in [5, 5.41) is 21.5. The molecular weight excluding hydrogens is 350 g/mol. The molecule has 2 heterocycles. The number of fused-ring (bicyclic) bond motifs is 3. The number of H-pyrrole nitrogens is 1. The lowest BCUT2D eigenvalue weighted by Crippen LogP contribution is -2.10. The average Bonchev–Trinajstić information content (AvgIpc) is 3.05. The molecule has 2 aromatic heterocycles. The number of rotatable bonds is 4. The topological polar surface area (TPSA) is 126 Å². The number of carbonyl (C=O) groups excluding carboxylic acids is 1. The van der Waals surface area contributed by atoms with E-state index in [0.717, 1.165) is 10.9 Å². The Morgan fingerprint density at radius 2 is 1.74 bits per heavy atom. The molecule has 0 saturated heterocycles. The molecule has 0 fully saturated rings. The highest BCUT2D eigenvalue weighted by Crippen LogP contribution is 2.29. The molecule has 0 radical (unpaired) electrons. The van der Waals surface area contributed by atoms with Crippen molar-refractivity contribution >= 4 is 39.2 Å². The number of nitro benzene ring substituents is 1. The van der Waals surface area contributed by atoms with Gasteiger partial charge in [0.25, 0.3) is 5.69 Å². The Bertz CT molecular complexity index is 1240. The van der Waals surface area contributed by atoms with E-state index in [4.69, 9.17) is 0 Å². The molecule has 0 aliphatic rings. The van der Waals surface area contributed by atoms with E-state index in [1.807, 2.05) is 24.3 Å². The molecule has 0 aliphatic carbocycles. The average molecular weight is 361 g/mol. The summed E-state index contributed by atoms with van der Waals surface area (Å²) >= 11 is 0. The van der Waals surface area contributed by atoms with Crippen molar-refractivity contribution in [1.29, 1.82) is 0 Å². The van der Waals surface area contributed by atoms with Crippen LogP contribution in [0.2, 0.25) is 0 Å². The highest BCUT2D eigenvalue weighted by Gasteiger charge is 2.21. The summed E-state index contributed by atoms with van der Waals surface area (Å²) in [5.41, 5.74) is 0.900. The number of carboxylic acid groups (broad SMARTS) is 1. The van der Waals surface area contributed by atoms with E-state index in [2.05, 4.69) is 9.97 Å². The van der Waals surface area contributed by atoms with E-state index in [1.165, 1.54) is 30.3 Å². The minimum Gasteiger partial charge on any atom is -0.477 e. The Kier molecular flexibility index (Phi) is 3.66. The van der Waals surface area contributed by atoms with Crippen LogP contribution < -0.4 is 0 Å². The maximum absolute atomic E-state index is 12.9. The van der Waals surface area contributed by atoms with Gasteiger partial charge < -0.3 is 10.1 Å². The van der Waals surface area contributed by atoms with Crippen LogP contribution in [0, 0.1) is 10.1 Å². The number of pyridine rings is 1. The Balaban J connectivity index is 1.95. The summed E-state index contributed by atoms with van der Waals surface area (Å²) in [5.74, 6) is -1.77. The first kappa shape index (κ1) is 16.4. The number of aromatic carboxylic acids is 1. The van der Waals surface area contributed by atoms with E-state index in [9.17, 15) is 24.8 Å². The van der Waals surface area contributed by atoms with E-state index < -0.39 is 16.7 Å². The maximum atomic E-state index is 12.9. The van der Waals surface area contributed by atoms with Crippen LogP contribution in [0.5, 0.6) is 0 Å². The summed E-state index contributed by atoms with van der Waals surface area (Å²) in [7, 11) is 0. The van der Waals surface area contributed by atoms with Crippen molar-refractivity contribution in [3.05, 3.63) is 81.7 Å². The third-order valence-corrected chi connectivity index (χ3v) is 4.27. The fourth-order valence-corrected chi connectivity index (χ4v) is 2.99. The number of nitrogens with one attached hydrogen (secondary N) is 1. The van der Waals surface area contributed by atoms with E-state index in [1.54, 1.807) is 0 Å². The number of benzene rings is 2. The van der Waals surface area contributed by atoms with Crippen LogP contribution in [0.3, 0.4) is 0 Å². The van der Waals surface area contributed by atoms with Gasteiger partial charge in [0.15, 0.2) is 0 Å². The molecule has 0 bridgehead atoms. The smallest absolute Gasteiger partial charge is 0.354 e. The fourth-order valence-electron chi connectivity index (χ4n) is 2.99. The number of nitrogens with zero attached hydrogens (tertiary/aromatic N) is 2. The van der Waals surface area contributed by atoms with Crippen molar-refractivity contribution in [1.82, 2.24) is 9.97 Å². The van der Waals surface area contributed by atoms with Crippen molar-refractivity contribution in [2.24, 2.45) is 0 Å². The van der Waals surface area contributed by atoms with Crippen LogP contribution in [-0.2, 0) is 0 Å². The molecule has 8 nitrogen and oxygen atoms in total. The second-order valence-electron chi connectivity index (χ2n) is 5.89. The van der Waals surface area contributed by atoms with Gasteiger partial charge in [-0.3, -0.25) is 14.9 Å². The van der Waals surface area contributed by atoms with Gasteiger partial charge in [0, 0.05) is 34.0 Å². The van der Waals surface area contributed by atoms with Gasteiger partial charge in [0.1, 0.15) is 11.4 Å². The Labute approximate surface area is 151 Å². The summed E-state index contributed by atoms with van der Waals surface area (Å²) in [6.45, 7) is 0. The molecule has 0 aliphatic heterocycles. The van der Waals surface area contributed by atoms with Crippen LogP contribution in [0.25, 0.3) is 21.8 Å². The lowest BCUT2D eigenvalue weighted by Gasteiger charge is -2.04. The van der Waals surface area contributed by atoms with Gasteiger partial charge in [-0.1, -0.05) is 18.2 Å². The quantitative estimate of drug-likeness (QED) is 0.325. The zero-order valence-corrected chi connectivity index (χ0v) is 13.7. The van der Waals surface area contributed by atoms with Gasteiger partial charge in [-0.2, -0.15) is 0 Å². The number of carbonyl (C=O) groups is 2. The van der Waals surface area contributed by atoms with Crippen molar-refractivity contribution < 1.29 is 19.6 Å². The predicted octanol–water partition coefficient (Wildman–Crippen LogP) is 3.55. The second-order valence-corrected chi connectivity index (χ2v) is 5.89. The third-order valence-electron chi connectivity index (χ3n) is 4.27. The summed E-state index contributed by atoms with van der Waals surface area (Å²) in [4.78, 5) is 41.8. The van der Waals surface area contributed by atoms with E-state index >= 15 is 0 Å². The molecule has 2 N–H and O–H groups in total. The lowest BCUT2D eigenvalue weighted by atomic mass is 10.0. The van der Waals surface area contributed by atoms with Crippen molar-refractivity contribution in [3.63, 3.8) is 0 Å². The van der Waals surface area contributed by atoms with Crippen LogP contribution in [0.15, 0.2) is 54.6 Å². The number of non-ortho nitro benzene ring substituents is 1. The summed E-state index contributed by atoms with van der Waals surface area (Å²) < 4.78 is 0. The first-order valence-electron chi connectivity index (χ1n) is 7.89. The third kappa shape index (κ3) is 2.69. The highest BCUT2D eigenvalue weighted by atomic mass is 16.6. The van der Waals surface area contributed by atoms with Gasteiger partial charge in [-0.05, 0) is 24.3 Å². The maximum Gasteiger partial charge on any atom is 0.354 e. The Hall–Kier alpha value is -4.07. The number of aromatic amines is 1. The van der Waals surface area contributed by atoms with Crippen molar-refractivity contribution in [2.75, 3.05) is 0 Å². The largest absolute Gasteiger partial charge is 0.477 e. The zero-order chi connectivity index (χ0) is 19.1. The minimum absolute atomic E-state index is 0.0463. The molecular formula is C19H11N3O5. The number of carboxylic acids is 1. The van der Waals surface area contributed by atoms with Gasteiger partial charge >= 0.3 is 5.97 Å². The summed E-state index contributed by atoms with van der Waals surface area (Å²) in [6, 6.07) is 13.8. The summed E-state index contributed by atoms with van der Waals surface area (Å²) in [6.07, 6.45) is 0. The number of ketones is 1. The minimum atomic E-state index is -1.25. The molecule has 0 unspecified atom stereocenters. The van der Waals surface area contributed by atoms with Crippen LogP contribution >= 0.6 is 0 Å². The molecule has 0 spiro atoms. The molecule has 0 saturated carbocycles. The molecule has 4 aromatic rings. The molecule has 132 valence electrons. The molecule has 0 atom stereocenters. The van der Waals surface area contributed by atoms with E-state index in [0.29, 0.717) is 10.9 Å². The van der Waals surface area contributed by atoms with Crippen LogP contribution in [-0.4, -0.2) is 31.8 Å². The molecule has 2 aromatic carbocycles. The number of para-hydroxylation sites is 1. The fraction of sp³-hybridized carbons (Fsp3) is 0. The normalized spacial score (nSPS) is 11.0. The number of hydrogen-bond acceptors (Lipinski definition) is 5. The van der Waals surface area contributed by atoms with Crippen LogP contribution in [0.1, 0.15) is 26.5 Å². The molecule has 4 rings (SSSR count). The van der Waals surface area contributed by atoms with E-state index in [-0.39, 0.29) is 22.6 Å². The monoisotopic (exact) mass is 361 g/mol. The predicted molar refractivity (Wildman–Crippen MR) is 97.1 cm³/mol. The Morgan fingerprint density at radius 3 is 2.41 bits per heavy atom. The number of aromatic nitrogens is 2. The second kappa shape index (κ2) is 6.03. The molecule has 8 heteroatoms. The number of hydrogen-bond donors (Lipinski definition) is 2. The lowest BCUT2D eigenvalue weighted by molar-refractivity contribution is -0.384.